The highest BCUT2D eigenvalue weighted by Gasteiger charge is 2.22. The first-order valence-electron chi connectivity index (χ1n) is 9.98. The van der Waals surface area contributed by atoms with Crippen molar-refractivity contribution in [2.75, 3.05) is 13.1 Å². The SMILES string of the molecule is Cc1oc2c(CN3CCCCC3)c(O)ccc2c(=O)c1-c1nc2ccccc2s1. The van der Waals surface area contributed by atoms with Crippen molar-refractivity contribution in [1.29, 1.82) is 0 Å². The van der Waals surface area contributed by atoms with Gasteiger partial charge in [-0.2, -0.15) is 0 Å². The van der Waals surface area contributed by atoms with Crippen LogP contribution in [0.5, 0.6) is 5.75 Å². The van der Waals surface area contributed by atoms with Crippen LogP contribution in [0, 0.1) is 6.92 Å². The summed E-state index contributed by atoms with van der Waals surface area (Å²) in [5.41, 5.74) is 2.47. The van der Waals surface area contributed by atoms with E-state index >= 15 is 0 Å². The molecular weight excluding hydrogens is 384 g/mol. The van der Waals surface area contributed by atoms with Gasteiger partial charge < -0.3 is 9.52 Å². The fraction of sp³-hybridized carbons (Fsp3) is 0.304. The van der Waals surface area contributed by atoms with Gasteiger partial charge in [0.2, 0.25) is 5.43 Å². The van der Waals surface area contributed by atoms with Crippen LogP contribution in [0.1, 0.15) is 30.6 Å². The van der Waals surface area contributed by atoms with E-state index in [0.29, 0.717) is 39.4 Å². The van der Waals surface area contributed by atoms with Crippen LogP contribution in [0.25, 0.3) is 31.8 Å². The Morgan fingerprint density at radius 3 is 2.72 bits per heavy atom. The molecule has 0 unspecified atom stereocenters. The summed E-state index contributed by atoms with van der Waals surface area (Å²) in [5.74, 6) is 0.713. The van der Waals surface area contributed by atoms with Crippen molar-refractivity contribution in [3.63, 3.8) is 0 Å². The highest BCUT2D eigenvalue weighted by atomic mass is 32.1. The summed E-state index contributed by atoms with van der Waals surface area (Å²) < 4.78 is 7.20. The van der Waals surface area contributed by atoms with Crippen molar-refractivity contribution < 1.29 is 9.52 Å². The molecular formula is C23H22N2O3S. The maximum atomic E-state index is 13.4. The molecule has 1 aliphatic rings. The van der Waals surface area contributed by atoms with Crippen molar-refractivity contribution in [1.82, 2.24) is 9.88 Å². The third-order valence-electron chi connectivity index (χ3n) is 5.65. The van der Waals surface area contributed by atoms with Crippen LogP contribution in [0.3, 0.4) is 0 Å². The normalized spacial score (nSPS) is 15.3. The number of thiazole rings is 1. The molecule has 2 aromatic carbocycles. The number of likely N-dealkylation sites (tertiary alicyclic amines) is 1. The lowest BCUT2D eigenvalue weighted by atomic mass is 10.0. The van der Waals surface area contributed by atoms with Gasteiger partial charge in [-0.15, -0.1) is 11.3 Å². The zero-order valence-electron chi connectivity index (χ0n) is 16.3. The number of benzene rings is 2. The predicted octanol–water partition coefficient (Wildman–Crippen LogP) is 5.07. The largest absolute Gasteiger partial charge is 0.507 e. The molecule has 0 amide bonds. The second-order valence-electron chi connectivity index (χ2n) is 7.63. The summed E-state index contributed by atoms with van der Waals surface area (Å²) in [6.45, 7) is 4.40. The van der Waals surface area contributed by atoms with Gasteiger partial charge in [0.15, 0.2) is 0 Å². The first-order valence-corrected chi connectivity index (χ1v) is 10.8. The third-order valence-corrected chi connectivity index (χ3v) is 6.71. The number of hydrogen-bond acceptors (Lipinski definition) is 6. The molecule has 29 heavy (non-hydrogen) atoms. The van der Waals surface area contributed by atoms with Crippen LogP contribution in [-0.2, 0) is 6.54 Å². The topological polar surface area (TPSA) is 66.6 Å². The number of aryl methyl sites for hydroxylation is 1. The number of piperidine rings is 1. The average molecular weight is 407 g/mol. The number of hydrogen-bond donors (Lipinski definition) is 1. The van der Waals surface area contributed by atoms with Gasteiger partial charge in [0.05, 0.1) is 26.7 Å². The monoisotopic (exact) mass is 406 g/mol. The fourth-order valence-electron chi connectivity index (χ4n) is 4.13. The molecule has 0 radical (unpaired) electrons. The molecule has 1 N–H and O–H groups in total. The summed E-state index contributed by atoms with van der Waals surface area (Å²) in [6.07, 6.45) is 3.57. The molecule has 6 heteroatoms. The average Bonchev–Trinajstić information content (AvgIpc) is 3.14. The minimum absolute atomic E-state index is 0.0947. The van der Waals surface area contributed by atoms with E-state index in [1.807, 2.05) is 24.3 Å². The Balaban J connectivity index is 1.66. The smallest absolute Gasteiger partial charge is 0.203 e. The number of rotatable bonds is 3. The highest BCUT2D eigenvalue weighted by molar-refractivity contribution is 7.21. The Kier molecular flexibility index (Phi) is 4.60. The molecule has 0 spiro atoms. The molecule has 0 bridgehead atoms. The first kappa shape index (κ1) is 18.3. The second kappa shape index (κ2) is 7.28. The quantitative estimate of drug-likeness (QED) is 0.514. The number of phenols is 1. The summed E-state index contributed by atoms with van der Waals surface area (Å²) in [5, 5.41) is 11.7. The lowest BCUT2D eigenvalue weighted by Gasteiger charge is -2.26. The van der Waals surface area contributed by atoms with Gasteiger partial charge in [-0.1, -0.05) is 18.6 Å². The number of phenolic OH excluding ortho intramolecular Hbond substituents is 1. The molecule has 1 fully saturated rings. The van der Waals surface area contributed by atoms with Crippen LogP contribution < -0.4 is 5.43 Å². The summed E-state index contributed by atoms with van der Waals surface area (Å²) in [6, 6.07) is 11.1. The molecule has 2 aromatic heterocycles. The number of fused-ring (bicyclic) bond motifs is 2. The Labute approximate surface area is 172 Å². The Bertz CT molecular complexity index is 1240. The Morgan fingerprint density at radius 1 is 1.14 bits per heavy atom. The molecule has 5 nitrogen and oxygen atoms in total. The van der Waals surface area contributed by atoms with Gasteiger partial charge in [0.1, 0.15) is 22.1 Å². The number of aromatic hydroxyl groups is 1. The van der Waals surface area contributed by atoms with Gasteiger partial charge >= 0.3 is 0 Å². The minimum Gasteiger partial charge on any atom is -0.507 e. The number of nitrogens with zero attached hydrogens (tertiary/aromatic N) is 2. The van der Waals surface area contributed by atoms with Crippen molar-refractivity contribution in [3.05, 3.63) is 57.9 Å². The van der Waals surface area contributed by atoms with E-state index in [9.17, 15) is 9.90 Å². The molecule has 0 aliphatic carbocycles. The predicted molar refractivity (Wildman–Crippen MR) is 117 cm³/mol. The van der Waals surface area contributed by atoms with Crippen molar-refractivity contribution in [3.8, 4) is 16.3 Å². The fourth-order valence-corrected chi connectivity index (χ4v) is 5.19. The minimum atomic E-state index is -0.0947. The number of aromatic nitrogens is 1. The maximum Gasteiger partial charge on any atom is 0.203 e. The molecule has 148 valence electrons. The van der Waals surface area contributed by atoms with Crippen molar-refractivity contribution in [2.45, 2.75) is 32.7 Å². The van der Waals surface area contributed by atoms with Crippen LogP contribution in [0.15, 0.2) is 45.6 Å². The number of para-hydroxylation sites is 1. The molecule has 3 heterocycles. The van der Waals surface area contributed by atoms with Gasteiger partial charge in [-0.05, 0) is 57.1 Å². The Hall–Kier alpha value is -2.70. The molecule has 1 saturated heterocycles. The lowest BCUT2D eigenvalue weighted by Crippen LogP contribution is -2.29. The summed E-state index contributed by atoms with van der Waals surface area (Å²) in [7, 11) is 0. The van der Waals surface area contributed by atoms with Crippen molar-refractivity contribution >= 4 is 32.5 Å². The second-order valence-corrected chi connectivity index (χ2v) is 8.66. The standard InChI is InChI=1S/C23H22N2O3S/c1-14-20(23-24-17-7-3-4-8-19(17)29-23)21(27)15-9-10-18(26)16(22(15)28-14)13-25-11-5-2-6-12-25/h3-4,7-10,26H,2,5-6,11-13H2,1H3. The first-order chi connectivity index (χ1) is 14.1. The zero-order chi connectivity index (χ0) is 20.0. The van der Waals surface area contributed by atoms with Gasteiger partial charge in [0, 0.05) is 6.54 Å². The van der Waals surface area contributed by atoms with Gasteiger partial charge in [0.25, 0.3) is 0 Å². The van der Waals surface area contributed by atoms with Crippen LogP contribution in [0.4, 0.5) is 0 Å². The molecule has 4 aromatic rings. The molecule has 0 atom stereocenters. The third kappa shape index (κ3) is 3.22. The van der Waals surface area contributed by atoms with Crippen LogP contribution in [0.2, 0.25) is 0 Å². The van der Waals surface area contributed by atoms with Crippen LogP contribution >= 0.6 is 11.3 Å². The summed E-state index contributed by atoms with van der Waals surface area (Å²) in [4.78, 5) is 20.4. The lowest BCUT2D eigenvalue weighted by molar-refractivity contribution is 0.218. The van der Waals surface area contributed by atoms with E-state index in [4.69, 9.17) is 4.42 Å². The van der Waals surface area contributed by atoms with Gasteiger partial charge in [-0.3, -0.25) is 9.69 Å². The summed E-state index contributed by atoms with van der Waals surface area (Å²) >= 11 is 1.49. The van der Waals surface area contributed by atoms with Gasteiger partial charge in [-0.25, -0.2) is 4.98 Å². The van der Waals surface area contributed by atoms with E-state index in [1.165, 1.54) is 17.8 Å². The zero-order valence-corrected chi connectivity index (χ0v) is 17.1. The van der Waals surface area contributed by atoms with E-state index in [-0.39, 0.29) is 11.2 Å². The molecule has 1 aliphatic heterocycles. The van der Waals surface area contributed by atoms with E-state index in [2.05, 4.69) is 9.88 Å². The van der Waals surface area contributed by atoms with Crippen molar-refractivity contribution in [2.24, 2.45) is 0 Å². The maximum absolute atomic E-state index is 13.4. The van der Waals surface area contributed by atoms with E-state index in [0.717, 1.165) is 36.1 Å². The highest BCUT2D eigenvalue weighted by Crippen LogP contribution is 2.34. The van der Waals surface area contributed by atoms with E-state index < -0.39 is 0 Å². The molecule has 0 saturated carbocycles. The Morgan fingerprint density at radius 2 is 1.93 bits per heavy atom. The van der Waals surface area contributed by atoms with Crippen LogP contribution in [-0.4, -0.2) is 28.1 Å². The van der Waals surface area contributed by atoms with E-state index in [1.54, 1.807) is 19.1 Å². The molecule has 5 rings (SSSR count).